The summed E-state index contributed by atoms with van der Waals surface area (Å²) in [6.07, 6.45) is 1.02. The normalized spacial score (nSPS) is 17.1. The van der Waals surface area contributed by atoms with E-state index in [2.05, 4.69) is 4.90 Å². The van der Waals surface area contributed by atoms with Crippen molar-refractivity contribution in [1.82, 2.24) is 9.80 Å². The molecule has 1 aliphatic rings. The summed E-state index contributed by atoms with van der Waals surface area (Å²) in [7, 11) is 0. The van der Waals surface area contributed by atoms with Gasteiger partial charge in [-0.3, -0.25) is 4.79 Å². The fourth-order valence-electron chi connectivity index (χ4n) is 2.83. The van der Waals surface area contributed by atoms with Gasteiger partial charge in [0.25, 0.3) is 5.91 Å². The third-order valence-electron chi connectivity index (χ3n) is 3.97. The van der Waals surface area contributed by atoms with Crippen LogP contribution in [0.4, 0.5) is 0 Å². The molecule has 0 atom stereocenters. The molecule has 2 rings (SSSR count). The number of aryl methyl sites for hydroxylation is 2. The van der Waals surface area contributed by atoms with Crippen molar-refractivity contribution < 1.29 is 4.79 Å². The van der Waals surface area contributed by atoms with Gasteiger partial charge >= 0.3 is 0 Å². The summed E-state index contributed by atoms with van der Waals surface area (Å²) in [5.74, 6) is 0.832. The van der Waals surface area contributed by atoms with Gasteiger partial charge < -0.3 is 9.80 Å². The summed E-state index contributed by atoms with van der Waals surface area (Å²) in [6.45, 7) is 8.52. The van der Waals surface area contributed by atoms with Gasteiger partial charge in [0.05, 0.1) is 0 Å². The molecular weight excluding hydrogens is 272 g/mol. The molecular formula is C16H23ClN2O. The highest BCUT2D eigenvalue weighted by Gasteiger charge is 2.22. The highest BCUT2D eigenvalue weighted by molar-refractivity contribution is 6.18. The van der Waals surface area contributed by atoms with Crippen molar-refractivity contribution in [2.75, 3.05) is 38.6 Å². The zero-order chi connectivity index (χ0) is 14.5. The van der Waals surface area contributed by atoms with Crippen LogP contribution in [0.25, 0.3) is 0 Å². The second kappa shape index (κ2) is 7.09. The summed E-state index contributed by atoms with van der Waals surface area (Å²) in [5, 5.41) is 0. The van der Waals surface area contributed by atoms with E-state index in [-0.39, 0.29) is 5.91 Å². The highest BCUT2D eigenvalue weighted by Crippen LogP contribution is 2.17. The van der Waals surface area contributed by atoms with Crippen LogP contribution in [-0.2, 0) is 0 Å². The molecule has 0 N–H and O–H groups in total. The van der Waals surface area contributed by atoms with Crippen LogP contribution >= 0.6 is 11.6 Å². The molecule has 0 spiro atoms. The van der Waals surface area contributed by atoms with Gasteiger partial charge in [-0.15, -0.1) is 11.6 Å². The van der Waals surface area contributed by atoms with Crippen molar-refractivity contribution in [1.29, 1.82) is 0 Å². The van der Waals surface area contributed by atoms with Crippen LogP contribution in [0, 0.1) is 13.8 Å². The Bertz CT molecular complexity index is 455. The van der Waals surface area contributed by atoms with E-state index in [9.17, 15) is 4.79 Å². The second-order valence-corrected chi connectivity index (χ2v) is 5.82. The van der Waals surface area contributed by atoms with Crippen molar-refractivity contribution in [3.05, 3.63) is 34.9 Å². The van der Waals surface area contributed by atoms with Crippen LogP contribution < -0.4 is 0 Å². The first-order valence-electron chi connectivity index (χ1n) is 7.27. The Morgan fingerprint density at radius 2 is 1.85 bits per heavy atom. The lowest BCUT2D eigenvalue weighted by Gasteiger charge is -2.23. The van der Waals surface area contributed by atoms with Crippen molar-refractivity contribution in [3.8, 4) is 0 Å². The Hall–Kier alpha value is -1.06. The molecule has 0 aromatic heterocycles. The number of hydrogen-bond acceptors (Lipinski definition) is 2. The van der Waals surface area contributed by atoms with Crippen molar-refractivity contribution >= 4 is 17.5 Å². The summed E-state index contributed by atoms with van der Waals surface area (Å²) < 4.78 is 0. The molecule has 0 aliphatic carbocycles. The number of carbonyl (C=O) groups is 1. The maximum Gasteiger partial charge on any atom is 0.254 e. The highest BCUT2D eigenvalue weighted by atomic mass is 35.5. The zero-order valence-corrected chi connectivity index (χ0v) is 13.1. The van der Waals surface area contributed by atoms with Gasteiger partial charge in [-0.25, -0.2) is 0 Å². The Labute approximate surface area is 126 Å². The van der Waals surface area contributed by atoms with E-state index in [1.54, 1.807) is 0 Å². The predicted octanol–water partition coefficient (Wildman–Crippen LogP) is 2.69. The molecule has 1 heterocycles. The molecule has 1 aromatic rings. The summed E-state index contributed by atoms with van der Waals surface area (Å²) >= 11 is 5.80. The SMILES string of the molecule is Cc1cccc(C)c1C(=O)N1CCCN(CCCl)CC1. The lowest BCUT2D eigenvalue weighted by molar-refractivity contribution is 0.0760. The third-order valence-corrected chi connectivity index (χ3v) is 4.14. The van der Waals surface area contributed by atoms with E-state index in [0.717, 1.165) is 55.8 Å². The minimum atomic E-state index is 0.174. The van der Waals surface area contributed by atoms with Gasteiger partial charge in [-0.1, -0.05) is 18.2 Å². The lowest BCUT2D eigenvalue weighted by Crippen LogP contribution is -2.36. The standard InChI is InChI=1S/C16H23ClN2O/c1-13-5-3-6-14(2)15(13)16(20)19-9-4-8-18(10-7-17)11-12-19/h3,5-6H,4,7-12H2,1-2H3. The van der Waals surface area contributed by atoms with Gasteiger partial charge in [-0.2, -0.15) is 0 Å². The summed E-state index contributed by atoms with van der Waals surface area (Å²) in [5.41, 5.74) is 3.01. The Balaban J connectivity index is 2.10. The summed E-state index contributed by atoms with van der Waals surface area (Å²) in [6, 6.07) is 6.03. The molecule has 0 radical (unpaired) electrons. The van der Waals surface area contributed by atoms with Gasteiger partial charge in [0.15, 0.2) is 0 Å². The molecule has 1 saturated heterocycles. The van der Waals surface area contributed by atoms with Crippen LogP contribution in [0.1, 0.15) is 27.9 Å². The average molecular weight is 295 g/mol. The minimum Gasteiger partial charge on any atom is -0.337 e. The second-order valence-electron chi connectivity index (χ2n) is 5.44. The number of carbonyl (C=O) groups excluding carboxylic acids is 1. The van der Waals surface area contributed by atoms with Crippen LogP contribution in [0.5, 0.6) is 0 Å². The van der Waals surface area contributed by atoms with Gasteiger partial charge in [0.2, 0.25) is 0 Å². The molecule has 0 saturated carbocycles. The Morgan fingerprint density at radius 1 is 1.15 bits per heavy atom. The molecule has 110 valence electrons. The molecule has 20 heavy (non-hydrogen) atoms. The average Bonchev–Trinajstić information content (AvgIpc) is 2.64. The van der Waals surface area contributed by atoms with E-state index in [4.69, 9.17) is 11.6 Å². The molecule has 1 fully saturated rings. The van der Waals surface area contributed by atoms with E-state index in [1.807, 2.05) is 36.9 Å². The smallest absolute Gasteiger partial charge is 0.254 e. The van der Waals surface area contributed by atoms with Gasteiger partial charge in [0, 0.05) is 37.6 Å². The number of alkyl halides is 1. The van der Waals surface area contributed by atoms with Crippen LogP contribution in [0.2, 0.25) is 0 Å². The van der Waals surface area contributed by atoms with Gasteiger partial charge in [-0.05, 0) is 37.9 Å². The molecule has 3 nitrogen and oxygen atoms in total. The molecule has 4 heteroatoms. The number of nitrogens with zero attached hydrogens (tertiary/aromatic N) is 2. The van der Waals surface area contributed by atoms with Crippen molar-refractivity contribution in [3.63, 3.8) is 0 Å². The van der Waals surface area contributed by atoms with Gasteiger partial charge in [0.1, 0.15) is 0 Å². The first-order valence-corrected chi connectivity index (χ1v) is 7.80. The van der Waals surface area contributed by atoms with E-state index in [0.29, 0.717) is 5.88 Å². The monoisotopic (exact) mass is 294 g/mol. The quantitative estimate of drug-likeness (QED) is 0.800. The number of hydrogen-bond donors (Lipinski definition) is 0. The molecule has 1 aliphatic heterocycles. The first-order chi connectivity index (χ1) is 9.63. The maximum atomic E-state index is 12.7. The maximum absolute atomic E-state index is 12.7. The number of benzene rings is 1. The molecule has 1 amide bonds. The van der Waals surface area contributed by atoms with Crippen molar-refractivity contribution in [2.24, 2.45) is 0 Å². The Morgan fingerprint density at radius 3 is 2.50 bits per heavy atom. The van der Waals surface area contributed by atoms with Crippen LogP contribution in [0.15, 0.2) is 18.2 Å². The van der Waals surface area contributed by atoms with E-state index < -0.39 is 0 Å². The van der Waals surface area contributed by atoms with E-state index in [1.165, 1.54) is 0 Å². The number of amides is 1. The molecule has 1 aromatic carbocycles. The topological polar surface area (TPSA) is 23.6 Å². The number of halogens is 1. The van der Waals surface area contributed by atoms with Crippen molar-refractivity contribution in [2.45, 2.75) is 20.3 Å². The Kier molecular flexibility index (Phi) is 5.44. The first kappa shape index (κ1) is 15.3. The fourth-order valence-corrected chi connectivity index (χ4v) is 3.07. The molecule has 0 bridgehead atoms. The largest absolute Gasteiger partial charge is 0.337 e. The molecule has 0 unspecified atom stereocenters. The van der Waals surface area contributed by atoms with Crippen LogP contribution in [-0.4, -0.2) is 54.3 Å². The summed E-state index contributed by atoms with van der Waals surface area (Å²) in [4.78, 5) is 17.1. The predicted molar refractivity (Wildman–Crippen MR) is 83.6 cm³/mol. The third kappa shape index (κ3) is 3.53. The minimum absolute atomic E-state index is 0.174. The van der Waals surface area contributed by atoms with E-state index >= 15 is 0 Å². The zero-order valence-electron chi connectivity index (χ0n) is 12.4. The lowest BCUT2D eigenvalue weighted by atomic mass is 10.0. The fraction of sp³-hybridized carbons (Fsp3) is 0.562. The number of rotatable bonds is 3. The van der Waals surface area contributed by atoms with Crippen LogP contribution in [0.3, 0.4) is 0 Å².